The van der Waals surface area contributed by atoms with E-state index in [1.165, 1.54) is 11.1 Å². The van der Waals surface area contributed by atoms with Crippen molar-refractivity contribution in [3.63, 3.8) is 0 Å². The Labute approximate surface area is 136 Å². The summed E-state index contributed by atoms with van der Waals surface area (Å²) < 4.78 is 0. The molecule has 0 aliphatic rings. The highest BCUT2D eigenvalue weighted by Gasteiger charge is 2.16. The van der Waals surface area contributed by atoms with E-state index in [9.17, 15) is 4.79 Å². The number of aryl methyl sites for hydroxylation is 1. The molecule has 0 saturated carbocycles. The number of carbonyl (C=O) groups is 1. The Morgan fingerprint density at radius 2 is 1.78 bits per heavy atom. The van der Waals surface area contributed by atoms with Crippen LogP contribution in [-0.4, -0.2) is 10.9 Å². The van der Waals surface area contributed by atoms with E-state index in [4.69, 9.17) is 4.98 Å². The number of aromatic nitrogens is 1. The second-order valence-corrected chi connectivity index (χ2v) is 5.82. The number of nitrogens with zero attached hydrogens (tertiary/aromatic N) is 1. The highest BCUT2D eigenvalue weighted by molar-refractivity contribution is 5.82. The van der Waals surface area contributed by atoms with Crippen LogP contribution in [0.25, 0.3) is 10.9 Å². The molecule has 0 bridgehead atoms. The summed E-state index contributed by atoms with van der Waals surface area (Å²) in [5.74, 6) is -0.0430. The number of nitrogens with one attached hydrogen (secondary N) is 1. The lowest BCUT2D eigenvalue weighted by Gasteiger charge is -2.19. The van der Waals surface area contributed by atoms with Crippen LogP contribution in [0.1, 0.15) is 29.8 Å². The van der Waals surface area contributed by atoms with Gasteiger partial charge in [-0.25, -0.2) is 0 Å². The van der Waals surface area contributed by atoms with Crippen LogP contribution in [0.2, 0.25) is 0 Å². The summed E-state index contributed by atoms with van der Waals surface area (Å²) >= 11 is 0. The molecule has 0 unspecified atom stereocenters. The molecule has 3 heteroatoms. The van der Waals surface area contributed by atoms with Gasteiger partial charge in [0, 0.05) is 12.3 Å². The molecular formula is C20H20N2O. The summed E-state index contributed by atoms with van der Waals surface area (Å²) in [6.07, 6.45) is 0.727. The molecule has 0 spiro atoms. The van der Waals surface area contributed by atoms with E-state index >= 15 is 0 Å². The molecule has 1 aromatic heterocycles. The lowest BCUT2D eigenvalue weighted by molar-refractivity contribution is -0.119. The van der Waals surface area contributed by atoms with Crippen LogP contribution in [0.3, 0.4) is 0 Å². The third kappa shape index (κ3) is 3.57. The molecule has 1 N–H and O–H groups in total. The first-order chi connectivity index (χ1) is 11.1. The number of fused-ring (bicyclic) bond motifs is 1. The minimum Gasteiger partial charge on any atom is -0.348 e. The quantitative estimate of drug-likeness (QED) is 0.792. The summed E-state index contributed by atoms with van der Waals surface area (Å²) in [5, 5.41) is 4.19. The second kappa shape index (κ2) is 6.61. The monoisotopic (exact) mass is 304 g/mol. The molecule has 3 rings (SSSR count). The van der Waals surface area contributed by atoms with Gasteiger partial charge in [-0.15, -0.1) is 0 Å². The van der Waals surface area contributed by atoms with Gasteiger partial charge in [-0.1, -0.05) is 48.5 Å². The third-order valence-corrected chi connectivity index (χ3v) is 3.96. The standard InChI is InChI=1S/C20H20N2O/c1-14-12-19(22-18-11-7-6-10-17(14)18)20(21-15(2)23)13-16-8-4-3-5-9-16/h3-12,20H,13H2,1-2H3,(H,21,23)/t20-/m0/s1. The normalized spacial score (nSPS) is 12.1. The van der Waals surface area contributed by atoms with E-state index < -0.39 is 0 Å². The molecule has 2 aromatic carbocycles. The molecule has 116 valence electrons. The molecule has 3 aromatic rings. The Kier molecular flexibility index (Phi) is 4.38. The van der Waals surface area contributed by atoms with E-state index in [-0.39, 0.29) is 11.9 Å². The maximum atomic E-state index is 11.6. The highest BCUT2D eigenvalue weighted by Crippen LogP contribution is 2.23. The summed E-state index contributed by atoms with van der Waals surface area (Å²) in [4.78, 5) is 16.4. The van der Waals surface area contributed by atoms with E-state index in [0.717, 1.165) is 23.0 Å². The Bertz CT molecular complexity index is 827. The average Bonchev–Trinajstić information content (AvgIpc) is 2.55. The largest absolute Gasteiger partial charge is 0.348 e. The number of hydrogen-bond donors (Lipinski definition) is 1. The van der Waals surface area contributed by atoms with Crippen LogP contribution in [0.5, 0.6) is 0 Å². The molecule has 0 fully saturated rings. The fourth-order valence-corrected chi connectivity index (χ4v) is 2.88. The van der Waals surface area contributed by atoms with Gasteiger partial charge < -0.3 is 5.32 Å². The zero-order chi connectivity index (χ0) is 16.2. The Morgan fingerprint density at radius 3 is 2.52 bits per heavy atom. The number of hydrogen-bond acceptors (Lipinski definition) is 2. The van der Waals surface area contributed by atoms with Crippen molar-refractivity contribution < 1.29 is 4.79 Å². The van der Waals surface area contributed by atoms with E-state index in [1.807, 2.05) is 36.4 Å². The molecule has 0 saturated heterocycles. The SMILES string of the molecule is CC(=O)N[C@@H](Cc1ccccc1)c1cc(C)c2ccccc2n1. The predicted molar refractivity (Wildman–Crippen MR) is 93.2 cm³/mol. The number of amides is 1. The summed E-state index contributed by atoms with van der Waals surface area (Å²) in [7, 11) is 0. The Morgan fingerprint density at radius 1 is 1.09 bits per heavy atom. The Balaban J connectivity index is 2.00. The van der Waals surface area contributed by atoms with Crippen molar-refractivity contribution in [2.24, 2.45) is 0 Å². The van der Waals surface area contributed by atoms with Gasteiger partial charge in [0.2, 0.25) is 5.91 Å². The maximum absolute atomic E-state index is 11.6. The first-order valence-corrected chi connectivity index (χ1v) is 7.81. The van der Waals surface area contributed by atoms with Crippen LogP contribution in [0, 0.1) is 6.92 Å². The second-order valence-electron chi connectivity index (χ2n) is 5.82. The minimum absolute atomic E-state index is 0.0430. The van der Waals surface area contributed by atoms with Crippen molar-refractivity contribution in [1.29, 1.82) is 0 Å². The fraction of sp³-hybridized carbons (Fsp3) is 0.200. The van der Waals surface area contributed by atoms with Crippen molar-refractivity contribution in [1.82, 2.24) is 10.3 Å². The minimum atomic E-state index is -0.127. The van der Waals surface area contributed by atoms with Gasteiger partial charge in [-0.3, -0.25) is 9.78 Å². The molecule has 1 atom stereocenters. The van der Waals surface area contributed by atoms with Crippen LogP contribution in [0.15, 0.2) is 60.7 Å². The van der Waals surface area contributed by atoms with Crippen LogP contribution in [0.4, 0.5) is 0 Å². The van der Waals surface area contributed by atoms with E-state index in [1.54, 1.807) is 6.92 Å². The van der Waals surface area contributed by atoms with Gasteiger partial charge in [0.1, 0.15) is 0 Å². The Hall–Kier alpha value is -2.68. The number of pyridine rings is 1. The van der Waals surface area contributed by atoms with Crippen molar-refractivity contribution >= 4 is 16.8 Å². The number of carbonyl (C=O) groups excluding carboxylic acids is 1. The van der Waals surface area contributed by atoms with Gasteiger partial charge in [-0.05, 0) is 36.6 Å². The van der Waals surface area contributed by atoms with E-state index in [2.05, 4.69) is 36.5 Å². The van der Waals surface area contributed by atoms with Crippen molar-refractivity contribution in [3.05, 3.63) is 77.5 Å². The third-order valence-electron chi connectivity index (χ3n) is 3.96. The molecular weight excluding hydrogens is 284 g/mol. The van der Waals surface area contributed by atoms with Gasteiger partial charge in [0.15, 0.2) is 0 Å². The van der Waals surface area contributed by atoms with Crippen molar-refractivity contribution in [3.8, 4) is 0 Å². The zero-order valence-electron chi connectivity index (χ0n) is 13.4. The summed E-state index contributed by atoms with van der Waals surface area (Å²) in [6, 6.07) is 20.2. The van der Waals surface area contributed by atoms with Crippen molar-refractivity contribution in [2.45, 2.75) is 26.3 Å². The average molecular weight is 304 g/mol. The molecule has 0 radical (unpaired) electrons. The molecule has 3 nitrogen and oxygen atoms in total. The van der Waals surface area contributed by atoms with Gasteiger partial charge >= 0.3 is 0 Å². The molecule has 1 heterocycles. The van der Waals surface area contributed by atoms with Crippen LogP contribution >= 0.6 is 0 Å². The smallest absolute Gasteiger partial charge is 0.217 e. The molecule has 1 amide bonds. The number of rotatable bonds is 4. The summed E-state index contributed by atoms with van der Waals surface area (Å²) in [6.45, 7) is 3.63. The lowest BCUT2D eigenvalue weighted by Crippen LogP contribution is -2.28. The molecule has 0 aliphatic heterocycles. The first-order valence-electron chi connectivity index (χ1n) is 7.81. The number of para-hydroxylation sites is 1. The van der Waals surface area contributed by atoms with Gasteiger partial charge in [-0.2, -0.15) is 0 Å². The van der Waals surface area contributed by atoms with E-state index in [0.29, 0.717) is 0 Å². The van der Waals surface area contributed by atoms with Crippen LogP contribution < -0.4 is 5.32 Å². The van der Waals surface area contributed by atoms with Gasteiger partial charge in [0.25, 0.3) is 0 Å². The van der Waals surface area contributed by atoms with Gasteiger partial charge in [0.05, 0.1) is 17.3 Å². The van der Waals surface area contributed by atoms with Crippen LogP contribution in [-0.2, 0) is 11.2 Å². The van der Waals surface area contributed by atoms with Crippen molar-refractivity contribution in [2.75, 3.05) is 0 Å². The maximum Gasteiger partial charge on any atom is 0.217 e. The summed E-state index contributed by atoms with van der Waals surface area (Å²) in [5.41, 5.74) is 4.22. The fourth-order valence-electron chi connectivity index (χ4n) is 2.88. The predicted octanol–water partition coefficient (Wildman–Crippen LogP) is 3.96. The first kappa shape index (κ1) is 15.2. The highest BCUT2D eigenvalue weighted by atomic mass is 16.1. The molecule has 0 aliphatic carbocycles. The molecule has 23 heavy (non-hydrogen) atoms. The topological polar surface area (TPSA) is 42.0 Å². The number of benzene rings is 2. The zero-order valence-corrected chi connectivity index (χ0v) is 13.4. The lowest BCUT2D eigenvalue weighted by atomic mass is 10.00.